The first-order chi connectivity index (χ1) is 10.2. The number of rotatable bonds is 6. The van der Waals surface area contributed by atoms with Gasteiger partial charge in [-0.2, -0.15) is 0 Å². The molecule has 0 saturated carbocycles. The SMILES string of the molecule is CCC(N)C(Oc1ccc(CO)cc1)c1ccccc1C. The largest absolute Gasteiger partial charge is 0.484 e. The highest BCUT2D eigenvalue weighted by atomic mass is 16.5. The Morgan fingerprint density at radius 1 is 1.10 bits per heavy atom. The summed E-state index contributed by atoms with van der Waals surface area (Å²) in [5.74, 6) is 0.768. The molecule has 21 heavy (non-hydrogen) atoms. The third kappa shape index (κ3) is 3.84. The number of nitrogens with two attached hydrogens (primary N) is 1. The Balaban J connectivity index is 2.26. The summed E-state index contributed by atoms with van der Waals surface area (Å²) in [6.45, 7) is 4.17. The summed E-state index contributed by atoms with van der Waals surface area (Å²) in [6, 6.07) is 15.6. The Kier molecular flexibility index (Phi) is 5.37. The molecule has 2 unspecified atom stereocenters. The third-order valence-corrected chi connectivity index (χ3v) is 3.72. The van der Waals surface area contributed by atoms with Gasteiger partial charge in [0.25, 0.3) is 0 Å². The number of ether oxygens (including phenoxy) is 1. The van der Waals surface area contributed by atoms with Gasteiger partial charge < -0.3 is 15.6 Å². The average molecular weight is 285 g/mol. The molecule has 112 valence electrons. The minimum absolute atomic E-state index is 0.0377. The fraction of sp³-hybridized carbons (Fsp3) is 0.333. The Morgan fingerprint density at radius 2 is 1.76 bits per heavy atom. The van der Waals surface area contributed by atoms with E-state index < -0.39 is 0 Å². The molecule has 0 bridgehead atoms. The molecular formula is C18H23NO2. The van der Waals surface area contributed by atoms with Crippen molar-refractivity contribution >= 4 is 0 Å². The van der Waals surface area contributed by atoms with Crippen LogP contribution >= 0.6 is 0 Å². The van der Waals surface area contributed by atoms with Crippen LogP contribution in [0.25, 0.3) is 0 Å². The van der Waals surface area contributed by atoms with Gasteiger partial charge in [0.2, 0.25) is 0 Å². The molecule has 0 saturated heterocycles. The van der Waals surface area contributed by atoms with E-state index >= 15 is 0 Å². The van der Waals surface area contributed by atoms with Crippen LogP contribution in [0.15, 0.2) is 48.5 Å². The Morgan fingerprint density at radius 3 is 2.33 bits per heavy atom. The standard InChI is InChI=1S/C18H23NO2/c1-3-17(19)18(16-7-5-4-6-13(16)2)21-15-10-8-14(12-20)9-11-15/h4-11,17-18,20H,3,12,19H2,1-2H3. The highest BCUT2D eigenvalue weighted by Crippen LogP contribution is 2.27. The van der Waals surface area contributed by atoms with Crippen LogP contribution in [0.1, 0.15) is 36.1 Å². The molecule has 0 aromatic heterocycles. The molecule has 3 heteroatoms. The first kappa shape index (κ1) is 15.5. The van der Waals surface area contributed by atoms with Crippen LogP contribution in [0.5, 0.6) is 5.75 Å². The van der Waals surface area contributed by atoms with E-state index in [4.69, 9.17) is 15.6 Å². The second kappa shape index (κ2) is 7.25. The molecule has 2 aromatic carbocycles. The summed E-state index contributed by atoms with van der Waals surface area (Å²) in [7, 11) is 0. The zero-order chi connectivity index (χ0) is 15.2. The number of hydrogen-bond acceptors (Lipinski definition) is 3. The molecule has 0 fully saturated rings. The lowest BCUT2D eigenvalue weighted by Gasteiger charge is -2.26. The maximum Gasteiger partial charge on any atom is 0.139 e. The summed E-state index contributed by atoms with van der Waals surface area (Å²) in [5, 5.41) is 9.09. The van der Waals surface area contributed by atoms with Gasteiger partial charge in [0.05, 0.1) is 6.61 Å². The Hall–Kier alpha value is -1.84. The smallest absolute Gasteiger partial charge is 0.139 e. The monoisotopic (exact) mass is 285 g/mol. The van der Waals surface area contributed by atoms with Crippen molar-refractivity contribution in [3.8, 4) is 5.75 Å². The van der Waals surface area contributed by atoms with Gasteiger partial charge >= 0.3 is 0 Å². The lowest BCUT2D eigenvalue weighted by atomic mass is 9.96. The van der Waals surface area contributed by atoms with Crippen LogP contribution < -0.4 is 10.5 Å². The van der Waals surface area contributed by atoms with E-state index in [1.54, 1.807) is 0 Å². The summed E-state index contributed by atoms with van der Waals surface area (Å²) in [4.78, 5) is 0. The molecule has 0 radical (unpaired) electrons. The number of aryl methyl sites for hydroxylation is 1. The zero-order valence-electron chi connectivity index (χ0n) is 12.6. The Labute approximate surface area is 126 Å². The van der Waals surface area contributed by atoms with Crippen molar-refractivity contribution in [3.05, 3.63) is 65.2 Å². The van der Waals surface area contributed by atoms with E-state index in [1.165, 1.54) is 5.56 Å². The molecule has 3 nitrogen and oxygen atoms in total. The molecule has 0 aliphatic rings. The minimum Gasteiger partial charge on any atom is -0.484 e. The average Bonchev–Trinajstić information content (AvgIpc) is 2.53. The van der Waals surface area contributed by atoms with Crippen LogP contribution in [-0.4, -0.2) is 11.1 Å². The van der Waals surface area contributed by atoms with Gasteiger partial charge in [0, 0.05) is 6.04 Å². The summed E-state index contributed by atoms with van der Waals surface area (Å²) < 4.78 is 6.13. The van der Waals surface area contributed by atoms with Crippen molar-refractivity contribution < 1.29 is 9.84 Å². The lowest BCUT2D eigenvalue weighted by molar-refractivity contribution is 0.170. The molecule has 0 spiro atoms. The fourth-order valence-corrected chi connectivity index (χ4v) is 2.32. The summed E-state index contributed by atoms with van der Waals surface area (Å²) in [5.41, 5.74) is 9.43. The number of aliphatic hydroxyl groups is 1. The van der Waals surface area contributed by atoms with Crippen molar-refractivity contribution in [3.63, 3.8) is 0 Å². The third-order valence-electron chi connectivity index (χ3n) is 3.72. The second-order valence-corrected chi connectivity index (χ2v) is 5.27. The minimum atomic E-state index is -0.170. The van der Waals surface area contributed by atoms with Crippen molar-refractivity contribution in [2.24, 2.45) is 5.73 Å². The topological polar surface area (TPSA) is 55.5 Å². The summed E-state index contributed by atoms with van der Waals surface area (Å²) in [6.07, 6.45) is 0.671. The Bertz CT molecular complexity index is 566. The molecule has 2 rings (SSSR count). The van der Waals surface area contributed by atoms with E-state index in [2.05, 4.69) is 26.0 Å². The van der Waals surface area contributed by atoms with Gasteiger partial charge in [-0.25, -0.2) is 0 Å². The molecular weight excluding hydrogens is 262 g/mol. The molecule has 0 amide bonds. The lowest BCUT2D eigenvalue weighted by Crippen LogP contribution is -2.32. The predicted octanol–water partition coefficient (Wildman–Crippen LogP) is 3.34. The number of aliphatic hydroxyl groups excluding tert-OH is 1. The van der Waals surface area contributed by atoms with Gasteiger partial charge in [-0.3, -0.25) is 0 Å². The van der Waals surface area contributed by atoms with E-state index in [0.29, 0.717) is 0 Å². The first-order valence-electron chi connectivity index (χ1n) is 7.33. The quantitative estimate of drug-likeness (QED) is 0.856. The van der Waals surface area contributed by atoms with E-state index in [9.17, 15) is 0 Å². The predicted molar refractivity (Wildman–Crippen MR) is 85.2 cm³/mol. The summed E-state index contributed by atoms with van der Waals surface area (Å²) >= 11 is 0. The van der Waals surface area contributed by atoms with Crippen LogP contribution in [0.4, 0.5) is 0 Å². The van der Waals surface area contributed by atoms with Crippen molar-refractivity contribution in [1.82, 2.24) is 0 Å². The second-order valence-electron chi connectivity index (χ2n) is 5.27. The maximum absolute atomic E-state index is 9.09. The van der Waals surface area contributed by atoms with Gasteiger partial charge in [-0.05, 0) is 42.2 Å². The van der Waals surface area contributed by atoms with E-state index in [0.717, 1.165) is 23.3 Å². The number of hydrogen-bond donors (Lipinski definition) is 2. The van der Waals surface area contributed by atoms with Crippen molar-refractivity contribution in [1.29, 1.82) is 0 Å². The van der Waals surface area contributed by atoms with Gasteiger partial charge in [-0.15, -0.1) is 0 Å². The molecule has 2 aromatic rings. The zero-order valence-corrected chi connectivity index (χ0v) is 12.6. The fourth-order valence-electron chi connectivity index (χ4n) is 2.32. The van der Waals surface area contributed by atoms with E-state index in [1.807, 2.05) is 36.4 Å². The van der Waals surface area contributed by atoms with Gasteiger partial charge in [-0.1, -0.05) is 43.3 Å². The van der Waals surface area contributed by atoms with Crippen LogP contribution in [0.3, 0.4) is 0 Å². The highest BCUT2D eigenvalue weighted by Gasteiger charge is 2.22. The molecule has 0 aliphatic carbocycles. The molecule has 0 aliphatic heterocycles. The molecule has 0 heterocycles. The highest BCUT2D eigenvalue weighted by molar-refractivity contribution is 5.32. The van der Waals surface area contributed by atoms with Crippen LogP contribution in [-0.2, 0) is 6.61 Å². The molecule has 3 N–H and O–H groups in total. The van der Waals surface area contributed by atoms with E-state index in [-0.39, 0.29) is 18.8 Å². The normalized spacial score (nSPS) is 13.7. The number of benzene rings is 2. The first-order valence-corrected chi connectivity index (χ1v) is 7.33. The van der Waals surface area contributed by atoms with Crippen molar-refractivity contribution in [2.75, 3.05) is 0 Å². The van der Waals surface area contributed by atoms with Gasteiger partial charge in [0.1, 0.15) is 11.9 Å². The maximum atomic E-state index is 9.09. The van der Waals surface area contributed by atoms with Gasteiger partial charge in [0.15, 0.2) is 0 Å². The van der Waals surface area contributed by atoms with Crippen molar-refractivity contribution in [2.45, 2.75) is 39.0 Å². The molecule has 2 atom stereocenters. The van der Waals surface area contributed by atoms with Crippen LogP contribution in [0.2, 0.25) is 0 Å². The van der Waals surface area contributed by atoms with Crippen LogP contribution in [0, 0.1) is 6.92 Å².